The van der Waals surface area contributed by atoms with E-state index in [1.807, 2.05) is 48.5 Å². The summed E-state index contributed by atoms with van der Waals surface area (Å²) in [6, 6.07) is 21.7. The van der Waals surface area contributed by atoms with Crippen molar-refractivity contribution in [1.29, 1.82) is 0 Å². The van der Waals surface area contributed by atoms with Gasteiger partial charge in [0.1, 0.15) is 11.5 Å². The van der Waals surface area contributed by atoms with E-state index in [2.05, 4.69) is 23.8 Å². The van der Waals surface area contributed by atoms with Gasteiger partial charge < -0.3 is 19.7 Å². The second-order valence-corrected chi connectivity index (χ2v) is 9.67. The molecule has 2 N–H and O–H groups in total. The number of unbranched alkanes of at least 4 members (excludes halogenated alkanes) is 2. The van der Waals surface area contributed by atoms with Gasteiger partial charge in [0.2, 0.25) is 0 Å². The zero-order valence-corrected chi connectivity index (χ0v) is 21.9. The maximum Gasteiger partial charge on any atom is 0.154 e. The van der Waals surface area contributed by atoms with Gasteiger partial charge in [0, 0.05) is 23.5 Å². The Morgan fingerprint density at radius 2 is 1.00 bits per heavy atom. The fourth-order valence-electron chi connectivity index (χ4n) is 5.14. The summed E-state index contributed by atoms with van der Waals surface area (Å²) in [5, 5.41) is 25.5. The number of ether oxygens (including phenoxy) is 2. The van der Waals surface area contributed by atoms with E-state index in [0.29, 0.717) is 58.4 Å². The monoisotopic (exact) mass is 510 g/mol. The first-order valence-corrected chi connectivity index (χ1v) is 13.4. The topological polar surface area (TPSA) is 84.7 Å². The third kappa shape index (κ3) is 4.34. The Morgan fingerprint density at radius 3 is 1.37 bits per heavy atom. The van der Waals surface area contributed by atoms with Crippen molar-refractivity contribution >= 4 is 0 Å². The third-order valence-corrected chi connectivity index (χ3v) is 7.22. The van der Waals surface area contributed by atoms with Crippen LogP contribution in [0.5, 0.6) is 11.5 Å². The molecule has 0 spiro atoms. The minimum Gasteiger partial charge on any atom is -0.494 e. The Balaban J connectivity index is 1.66. The summed E-state index contributed by atoms with van der Waals surface area (Å²) in [5.41, 5.74) is -0.632. The smallest absolute Gasteiger partial charge is 0.154 e. The lowest BCUT2D eigenvalue weighted by atomic mass is 9.62. The van der Waals surface area contributed by atoms with Gasteiger partial charge in [-0.2, -0.15) is 0 Å². The molecule has 5 rings (SSSR count). The molecule has 0 unspecified atom stereocenters. The summed E-state index contributed by atoms with van der Waals surface area (Å²) in [6.07, 6.45) is 7.37. The highest BCUT2D eigenvalue weighted by molar-refractivity contribution is 5.74. The van der Waals surface area contributed by atoms with Gasteiger partial charge in [0.05, 0.1) is 24.6 Å². The molecule has 2 heterocycles. The molecule has 196 valence electrons. The third-order valence-electron chi connectivity index (χ3n) is 7.22. The summed E-state index contributed by atoms with van der Waals surface area (Å²) in [6.45, 7) is 5.49. The van der Waals surface area contributed by atoms with Gasteiger partial charge in [-0.25, -0.2) is 0 Å². The quantitative estimate of drug-likeness (QED) is 0.255. The van der Waals surface area contributed by atoms with Crippen molar-refractivity contribution in [3.63, 3.8) is 0 Å². The number of pyridine rings is 2. The summed E-state index contributed by atoms with van der Waals surface area (Å²) >= 11 is 0. The van der Waals surface area contributed by atoms with Crippen molar-refractivity contribution in [3.05, 3.63) is 107 Å². The van der Waals surface area contributed by atoms with E-state index in [0.717, 1.165) is 25.7 Å². The van der Waals surface area contributed by atoms with Crippen LogP contribution in [0.15, 0.2) is 85.2 Å². The Hall–Kier alpha value is -3.74. The molecule has 0 bridgehead atoms. The van der Waals surface area contributed by atoms with Gasteiger partial charge in [-0.3, -0.25) is 9.97 Å². The number of hydrogen-bond acceptors (Lipinski definition) is 6. The first-order valence-electron chi connectivity index (χ1n) is 13.4. The Labute approximate surface area is 224 Å². The molecule has 0 radical (unpaired) electrons. The standard InChI is InChI=1S/C32H34N2O4/c1-3-5-21-37-25-15-11-23(12-16-25)31(35)27-9-7-19-33-29(27)30-28(10-8-20-34-30)32(31,36)24-13-17-26(18-14-24)38-22-6-4-2/h7-20,35-36H,3-6,21-22H2,1-2H3/t31-,32-/m1/s1. The molecule has 0 saturated carbocycles. The molecule has 0 fully saturated rings. The minimum absolute atomic E-state index is 0.483. The van der Waals surface area contributed by atoms with Crippen LogP contribution in [-0.4, -0.2) is 33.4 Å². The highest BCUT2D eigenvalue weighted by atomic mass is 16.5. The van der Waals surface area contributed by atoms with Crippen LogP contribution in [0.25, 0.3) is 11.4 Å². The zero-order chi connectivity index (χ0) is 26.6. The molecule has 6 nitrogen and oxygen atoms in total. The molecule has 0 aliphatic heterocycles. The molecule has 4 aromatic rings. The number of aliphatic hydroxyl groups is 2. The fourth-order valence-corrected chi connectivity index (χ4v) is 5.14. The van der Waals surface area contributed by atoms with E-state index in [1.165, 1.54) is 0 Å². The molecular weight excluding hydrogens is 476 g/mol. The van der Waals surface area contributed by atoms with Crippen LogP contribution in [0.2, 0.25) is 0 Å². The summed E-state index contributed by atoms with van der Waals surface area (Å²) in [7, 11) is 0. The van der Waals surface area contributed by atoms with Crippen LogP contribution in [0, 0.1) is 0 Å². The number of aromatic nitrogens is 2. The lowest BCUT2D eigenvalue weighted by molar-refractivity contribution is -0.114. The lowest BCUT2D eigenvalue weighted by Crippen LogP contribution is -2.53. The van der Waals surface area contributed by atoms with E-state index < -0.39 is 11.2 Å². The number of rotatable bonds is 10. The average molecular weight is 511 g/mol. The van der Waals surface area contributed by atoms with E-state index in [9.17, 15) is 10.2 Å². The minimum atomic E-state index is -1.86. The second-order valence-electron chi connectivity index (χ2n) is 9.67. The SMILES string of the molecule is CCCCOc1ccc([C@@]2(O)c3cccnc3-c3ncccc3[C@]2(O)c2ccc(OCCCC)cc2)cc1. The molecule has 2 atom stereocenters. The highest BCUT2D eigenvalue weighted by Crippen LogP contribution is 2.56. The number of hydrogen-bond donors (Lipinski definition) is 2. The molecule has 2 aromatic carbocycles. The lowest BCUT2D eigenvalue weighted by Gasteiger charge is -2.48. The fraction of sp³-hybridized carbons (Fsp3) is 0.312. The van der Waals surface area contributed by atoms with Gasteiger partial charge in [0.25, 0.3) is 0 Å². The van der Waals surface area contributed by atoms with Crippen molar-refractivity contribution < 1.29 is 19.7 Å². The Bertz CT molecular complexity index is 1270. The molecular formula is C32H34N2O4. The van der Waals surface area contributed by atoms with E-state index >= 15 is 0 Å². The molecule has 38 heavy (non-hydrogen) atoms. The van der Waals surface area contributed by atoms with Crippen LogP contribution < -0.4 is 9.47 Å². The van der Waals surface area contributed by atoms with E-state index in [-0.39, 0.29) is 0 Å². The van der Waals surface area contributed by atoms with Crippen molar-refractivity contribution in [2.45, 2.75) is 50.7 Å². The molecule has 0 amide bonds. The maximum absolute atomic E-state index is 12.8. The zero-order valence-electron chi connectivity index (χ0n) is 21.9. The van der Waals surface area contributed by atoms with E-state index in [1.54, 1.807) is 36.7 Å². The normalized spacial score (nSPS) is 19.9. The summed E-state index contributed by atoms with van der Waals surface area (Å²) in [5.74, 6) is 1.43. The predicted octanol–water partition coefficient (Wildman–Crippen LogP) is 5.99. The van der Waals surface area contributed by atoms with Crippen LogP contribution in [-0.2, 0) is 11.2 Å². The van der Waals surface area contributed by atoms with Gasteiger partial charge in [-0.05, 0) is 60.4 Å². The highest BCUT2D eigenvalue weighted by Gasteiger charge is 2.59. The summed E-state index contributed by atoms with van der Waals surface area (Å²) in [4.78, 5) is 9.17. The molecule has 1 aliphatic carbocycles. The second kappa shape index (κ2) is 10.9. The van der Waals surface area contributed by atoms with Crippen LogP contribution in [0.1, 0.15) is 61.8 Å². The molecule has 6 heteroatoms. The largest absolute Gasteiger partial charge is 0.494 e. The number of nitrogens with zero attached hydrogens (tertiary/aromatic N) is 2. The van der Waals surface area contributed by atoms with Crippen molar-refractivity contribution in [1.82, 2.24) is 9.97 Å². The van der Waals surface area contributed by atoms with Crippen LogP contribution >= 0.6 is 0 Å². The first kappa shape index (κ1) is 25.9. The molecule has 2 aromatic heterocycles. The van der Waals surface area contributed by atoms with Gasteiger partial charge in [0.15, 0.2) is 11.2 Å². The molecule has 0 saturated heterocycles. The van der Waals surface area contributed by atoms with Crippen LogP contribution in [0.3, 0.4) is 0 Å². The Morgan fingerprint density at radius 1 is 0.605 bits per heavy atom. The summed E-state index contributed by atoms with van der Waals surface area (Å²) < 4.78 is 11.7. The molecule has 1 aliphatic rings. The van der Waals surface area contributed by atoms with Crippen molar-refractivity contribution in [3.8, 4) is 22.9 Å². The first-order chi connectivity index (χ1) is 18.5. The average Bonchev–Trinajstić information content (AvgIpc) is 2.97. The van der Waals surface area contributed by atoms with Crippen molar-refractivity contribution in [2.75, 3.05) is 13.2 Å². The van der Waals surface area contributed by atoms with Crippen molar-refractivity contribution in [2.24, 2.45) is 0 Å². The number of fused-ring (bicyclic) bond motifs is 3. The maximum atomic E-state index is 12.8. The Kier molecular flexibility index (Phi) is 7.45. The number of benzene rings is 2. The van der Waals surface area contributed by atoms with Gasteiger partial charge >= 0.3 is 0 Å². The van der Waals surface area contributed by atoms with Gasteiger partial charge in [-0.1, -0.05) is 63.1 Å². The van der Waals surface area contributed by atoms with Gasteiger partial charge in [-0.15, -0.1) is 0 Å². The predicted molar refractivity (Wildman–Crippen MR) is 147 cm³/mol. The van der Waals surface area contributed by atoms with E-state index in [4.69, 9.17) is 9.47 Å². The van der Waals surface area contributed by atoms with Crippen LogP contribution in [0.4, 0.5) is 0 Å².